The Bertz CT molecular complexity index is 531. The lowest BCUT2D eigenvalue weighted by Crippen LogP contribution is -2.64. The molecule has 0 bridgehead atoms. The third-order valence-electron chi connectivity index (χ3n) is 3.88. The van der Waals surface area contributed by atoms with E-state index >= 15 is 0 Å². The quantitative estimate of drug-likeness (QED) is 0.394. The monoisotopic (exact) mass is 424 g/mol. The highest BCUT2D eigenvalue weighted by Gasteiger charge is 2.47. The van der Waals surface area contributed by atoms with Crippen molar-refractivity contribution in [3.05, 3.63) is 0 Å². The molecule has 10 heteroatoms. The normalized spacial score (nSPS) is 29.5. The minimum absolute atomic E-state index is 0.157. The van der Waals surface area contributed by atoms with E-state index in [0.717, 1.165) is 0 Å². The number of aliphatic hydroxyl groups is 2. The van der Waals surface area contributed by atoms with Crippen LogP contribution in [0.2, 0.25) is 0 Å². The molecule has 1 heterocycles. The minimum atomic E-state index is -2.00. The van der Waals surface area contributed by atoms with Crippen molar-refractivity contribution >= 4 is 13.9 Å². The average molecular weight is 424 g/mol. The number of carbonyl (C=O) groups excluding carboxylic acids is 1. The van der Waals surface area contributed by atoms with Gasteiger partial charge in [-0.3, -0.25) is 4.79 Å². The van der Waals surface area contributed by atoms with Crippen LogP contribution >= 0.6 is 8.03 Å². The SMILES string of the molecule is CC(=O)NC1C(OCCOC(C)(C)C)OC(CO[P+](=O)C(C)(C)C)C(O)C1O. The third-order valence-corrected chi connectivity index (χ3v) is 5.35. The lowest BCUT2D eigenvalue weighted by molar-refractivity contribution is -0.271. The van der Waals surface area contributed by atoms with Crippen LogP contribution in [-0.4, -0.2) is 77.3 Å². The zero-order chi connectivity index (χ0) is 21.7. The molecule has 3 N–H and O–H groups in total. The molecule has 1 rings (SSSR count). The Labute approximate surface area is 167 Å². The van der Waals surface area contributed by atoms with Gasteiger partial charge in [0.2, 0.25) is 5.91 Å². The lowest BCUT2D eigenvalue weighted by Gasteiger charge is -2.42. The van der Waals surface area contributed by atoms with Gasteiger partial charge in [0.1, 0.15) is 31.0 Å². The van der Waals surface area contributed by atoms with E-state index in [0.29, 0.717) is 0 Å². The number of hydrogen-bond donors (Lipinski definition) is 3. The Morgan fingerprint density at radius 1 is 1.11 bits per heavy atom. The maximum atomic E-state index is 12.1. The molecule has 6 unspecified atom stereocenters. The van der Waals surface area contributed by atoms with Gasteiger partial charge in [-0.1, -0.05) is 0 Å². The molecule has 28 heavy (non-hydrogen) atoms. The molecule has 1 aliphatic rings. The van der Waals surface area contributed by atoms with Gasteiger partial charge in [-0.2, -0.15) is 0 Å². The van der Waals surface area contributed by atoms with Gasteiger partial charge in [-0.15, -0.1) is 4.52 Å². The van der Waals surface area contributed by atoms with Gasteiger partial charge in [-0.05, 0) is 46.1 Å². The highest BCUT2D eigenvalue weighted by atomic mass is 31.1. The van der Waals surface area contributed by atoms with E-state index in [9.17, 15) is 19.6 Å². The molecule has 0 saturated carbocycles. The molecule has 0 spiro atoms. The van der Waals surface area contributed by atoms with Crippen LogP contribution in [0.4, 0.5) is 0 Å². The molecular formula is C18H35NO8P+. The van der Waals surface area contributed by atoms with Crippen LogP contribution in [-0.2, 0) is 28.1 Å². The number of carbonyl (C=O) groups is 1. The third kappa shape index (κ3) is 8.37. The first-order chi connectivity index (χ1) is 12.7. The van der Waals surface area contributed by atoms with Gasteiger partial charge in [-0.25, -0.2) is 0 Å². The summed E-state index contributed by atoms with van der Waals surface area (Å²) in [5, 5.41) is 22.8. The average Bonchev–Trinajstić information content (AvgIpc) is 2.54. The van der Waals surface area contributed by atoms with E-state index in [1.165, 1.54) is 6.92 Å². The lowest BCUT2D eigenvalue weighted by atomic mass is 9.97. The van der Waals surface area contributed by atoms with Gasteiger partial charge in [0.15, 0.2) is 11.4 Å². The molecule has 1 amide bonds. The summed E-state index contributed by atoms with van der Waals surface area (Å²) in [6.07, 6.45) is -4.67. The molecule has 0 aromatic heterocycles. The van der Waals surface area contributed by atoms with Gasteiger partial charge in [0.25, 0.3) is 0 Å². The van der Waals surface area contributed by atoms with E-state index in [1.54, 1.807) is 20.8 Å². The second-order valence-corrected chi connectivity index (χ2v) is 10.9. The first-order valence-electron chi connectivity index (χ1n) is 9.37. The molecular weight excluding hydrogens is 389 g/mol. The van der Waals surface area contributed by atoms with Crippen molar-refractivity contribution in [2.75, 3.05) is 19.8 Å². The Morgan fingerprint density at radius 2 is 1.71 bits per heavy atom. The van der Waals surface area contributed by atoms with Gasteiger partial charge in [0.05, 0.1) is 18.8 Å². The number of hydrogen-bond acceptors (Lipinski definition) is 8. The molecule has 1 aliphatic heterocycles. The number of nitrogens with one attached hydrogen (secondary N) is 1. The summed E-state index contributed by atoms with van der Waals surface area (Å²) in [6.45, 7) is 12.6. The zero-order valence-corrected chi connectivity index (χ0v) is 18.7. The first kappa shape index (κ1) is 25.4. The summed E-state index contributed by atoms with van der Waals surface area (Å²) in [7, 11) is -2.00. The summed E-state index contributed by atoms with van der Waals surface area (Å²) < 4.78 is 34.4. The topological polar surface area (TPSA) is 124 Å². The van der Waals surface area contributed by atoms with Gasteiger partial charge < -0.3 is 29.7 Å². The Hall–Kier alpha value is -0.670. The van der Waals surface area contributed by atoms with Gasteiger partial charge in [0, 0.05) is 6.92 Å². The van der Waals surface area contributed by atoms with Crippen molar-refractivity contribution in [2.45, 2.75) is 89.9 Å². The largest absolute Gasteiger partial charge is 0.513 e. The summed E-state index contributed by atoms with van der Waals surface area (Å²) in [5.41, 5.74) is -0.335. The van der Waals surface area contributed by atoms with Crippen molar-refractivity contribution < 1.29 is 38.3 Å². The van der Waals surface area contributed by atoms with E-state index in [4.69, 9.17) is 18.7 Å². The fraction of sp³-hybridized carbons (Fsp3) is 0.944. The van der Waals surface area contributed by atoms with E-state index < -0.39 is 49.7 Å². The van der Waals surface area contributed by atoms with Crippen LogP contribution < -0.4 is 5.32 Å². The summed E-state index contributed by atoms with van der Waals surface area (Å²) in [6, 6.07) is -0.963. The van der Waals surface area contributed by atoms with Crippen LogP contribution in [0.3, 0.4) is 0 Å². The van der Waals surface area contributed by atoms with Crippen molar-refractivity contribution in [2.24, 2.45) is 0 Å². The predicted octanol–water partition coefficient (Wildman–Crippen LogP) is 1.33. The second kappa shape index (κ2) is 10.4. The molecule has 6 atom stereocenters. The minimum Gasteiger partial charge on any atom is -0.388 e. The maximum Gasteiger partial charge on any atom is 0.513 e. The smallest absolute Gasteiger partial charge is 0.388 e. The van der Waals surface area contributed by atoms with Crippen LogP contribution in [0.5, 0.6) is 0 Å². The second-order valence-electron chi connectivity index (χ2n) is 8.81. The molecule has 1 saturated heterocycles. The molecule has 1 fully saturated rings. The summed E-state index contributed by atoms with van der Waals surface area (Å²) in [5.74, 6) is -0.398. The number of amides is 1. The summed E-state index contributed by atoms with van der Waals surface area (Å²) >= 11 is 0. The van der Waals surface area contributed by atoms with Crippen LogP contribution in [0, 0.1) is 0 Å². The fourth-order valence-electron chi connectivity index (χ4n) is 2.45. The van der Waals surface area contributed by atoms with E-state index in [2.05, 4.69) is 5.32 Å². The maximum absolute atomic E-state index is 12.1. The van der Waals surface area contributed by atoms with Crippen molar-refractivity contribution in [1.82, 2.24) is 5.32 Å². The predicted molar refractivity (Wildman–Crippen MR) is 103 cm³/mol. The Balaban J connectivity index is 2.76. The number of rotatable bonds is 8. The standard InChI is InChI=1S/C18H34NO8P/c1-11(20)19-13-15(22)14(21)12(10-26-28(23)18(5,6)7)27-16(13)24-8-9-25-17(2,3)4/h12-16,21-22H,8-10H2,1-7H3/p+1. The molecule has 0 radical (unpaired) electrons. The van der Waals surface area contributed by atoms with Crippen LogP contribution in [0.25, 0.3) is 0 Å². The molecule has 9 nitrogen and oxygen atoms in total. The summed E-state index contributed by atoms with van der Waals surface area (Å²) in [4.78, 5) is 11.5. The van der Waals surface area contributed by atoms with E-state index in [1.807, 2.05) is 20.8 Å². The number of ether oxygens (including phenoxy) is 3. The Kier molecular flexibility index (Phi) is 9.41. The van der Waals surface area contributed by atoms with Gasteiger partial charge >= 0.3 is 8.03 Å². The van der Waals surface area contributed by atoms with Crippen molar-refractivity contribution in [3.63, 3.8) is 0 Å². The van der Waals surface area contributed by atoms with Crippen molar-refractivity contribution in [1.29, 1.82) is 0 Å². The first-order valence-corrected chi connectivity index (χ1v) is 10.5. The highest BCUT2D eigenvalue weighted by Crippen LogP contribution is 2.39. The van der Waals surface area contributed by atoms with Crippen LogP contribution in [0.1, 0.15) is 48.5 Å². The van der Waals surface area contributed by atoms with Crippen LogP contribution in [0.15, 0.2) is 0 Å². The molecule has 0 aliphatic carbocycles. The zero-order valence-electron chi connectivity index (χ0n) is 17.8. The Morgan fingerprint density at radius 3 is 2.21 bits per heavy atom. The molecule has 0 aromatic carbocycles. The van der Waals surface area contributed by atoms with E-state index in [-0.39, 0.29) is 25.4 Å². The highest BCUT2D eigenvalue weighted by molar-refractivity contribution is 7.41. The van der Waals surface area contributed by atoms with Crippen molar-refractivity contribution in [3.8, 4) is 0 Å². The fourth-order valence-corrected chi connectivity index (χ4v) is 3.12. The number of aliphatic hydroxyl groups excluding tert-OH is 2. The molecule has 0 aromatic rings. The molecule has 164 valence electrons.